The molecule has 0 aliphatic heterocycles. The van der Waals surface area contributed by atoms with Gasteiger partial charge in [0.2, 0.25) is 6.10 Å². The van der Waals surface area contributed by atoms with E-state index in [2.05, 4.69) is 5.32 Å². The first-order valence-electron chi connectivity index (χ1n) is 9.45. The van der Waals surface area contributed by atoms with Crippen LogP contribution in [0.3, 0.4) is 0 Å². The molecule has 3 aromatic rings. The molecule has 0 aliphatic carbocycles. The van der Waals surface area contributed by atoms with Gasteiger partial charge in [0.05, 0.1) is 28.3 Å². The highest BCUT2D eigenvalue weighted by Gasteiger charge is 2.28. The summed E-state index contributed by atoms with van der Waals surface area (Å²) in [5.74, 6) is -1.17. The number of non-ortho nitro benzene ring substituents is 1. The van der Waals surface area contributed by atoms with Crippen LogP contribution in [0.4, 0.5) is 11.4 Å². The largest absolute Gasteiger partial charge is 0.495 e. The molecule has 32 heavy (non-hydrogen) atoms. The van der Waals surface area contributed by atoms with Crippen LogP contribution in [0.5, 0.6) is 5.75 Å². The van der Waals surface area contributed by atoms with Crippen LogP contribution in [0.25, 0.3) is 0 Å². The standard InChI is InChI=1S/C23H19ClN2O6/c1-14-8-11-20(31-2)19(12-14)25-22(27)21(15-6-4-3-5-7-15)32-23(28)17-13-16(26(29)30)9-10-18(17)24/h3-13,21H,1-2H3,(H,25,27). The van der Waals surface area contributed by atoms with Gasteiger partial charge in [-0.15, -0.1) is 0 Å². The molecule has 0 spiro atoms. The summed E-state index contributed by atoms with van der Waals surface area (Å²) in [4.78, 5) is 36.4. The maximum Gasteiger partial charge on any atom is 0.341 e. The Hall–Kier alpha value is -3.91. The molecule has 0 fully saturated rings. The molecule has 0 saturated heterocycles. The van der Waals surface area contributed by atoms with E-state index in [4.69, 9.17) is 21.1 Å². The van der Waals surface area contributed by atoms with Crippen molar-refractivity contribution in [2.45, 2.75) is 13.0 Å². The van der Waals surface area contributed by atoms with Crippen LogP contribution in [-0.2, 0) is 9.53 Å². The highest BCUT2D eigenvalue weighted by Crippen LogP contribution is 2.29. The zero-order chi connectivity index (χ0) is 23.3. The number of nitrogens with zero attached hydrogens (tertiary/aromatic N) is 1. The maximum atomic E-state index is 13.1. The monoisotopic (exact) mass is 454 g/mol. The van der Waals surface area contributed by atoms with Crippen molar-refractivity contribution in [2.75, 3.05) is 12.4 Å². The second-order valence-electron chi connectivity index (χ2n) is 6.81. The zero-order valence-electron chi connectivity index (χ0n) is 17.2. The van der Waals surface area contributed by atoms with Gasteiger partial charge in [0, 0.05) is 17.7 Å². The number of carbonyl (C=O) groups is 2. The fraction of sp³-hybridized carbons (Fsp3) is 0.130. The van der Waals surface area contributed by atoms with Gasteiger partial charge in [-0.1, -0.05) is 48.0 Å². The number of anilines is 1. The van der Waals surface area contributed by atoms with Crippen molar-refractivity contribution in [3.8, 4) is 5.75 Å². The molecular formula is C23H19ClN2O6. The minimum absolute atomic E-state index is 0.0341. The highest BCUT2D eigenvalue weighted by atomic mass is 35.5. The maximum absolute atomic E-state index is 13.1. The van der Waals surface area contributed by atoms with Crippen molar-refractivity contribution in [1.82, 2.24) is 0 Å². The molecule has 8 nitrogen and oxygen atoms in total. The third kappa shape index (κ3) is 5.22. The Labute approximate surface area is 188 Å². The quantitative estimate of drug-likeness (QED) is 0.302. The van der Waals surface area contributed by atoms with Crippen molar-refractivity contribution in [3.05, 3.63) is 98.6 Å². The Morgan fingerprint density at radius 3 is 2.44 bits per heavy atom. The molecule has 1 unspecified atom stereocenters. The number of amides is 1. The Kier molecular flexibility index (Phi) is 7.07. The van der Waals surface area contributed by atoms with E-state index in [-0.39, 0.29) is 16.3 Å². The summed E-state index contributed by atoms with van der Waals surface area (Å²) < 4.78 is 10.8. The summed E-state index contributed by atoms with van der Waals surface area (Å²) in [5, 5.41) is 13.7. The first-order valence-corrected chi connectivity index (χ1v) is 9.83. The van der Waals surface area contributed by atoms with E-state index in [1.54, 1.807) is 42.5 Å². The van der Waals surface area contributed by atoms with E-state index in [9.17, 15) is 19.7 Å². The average Bonchev–Trinajstić information content (AvgIpc) is 2.78. The molecule has 3 rings (SSSR count). The van der Waals surface area contributed by atoms with Gasteiger partial charge in [-0.3, -0.25) is 14.9 Å². The minimum Gasteiger partial charge on any atom is -0.495 e. The second-order valence-corrected chi connectivity index (χ2v) is 7.22. The second kappa shape index (κ2) is 9.93. The number of nitro benzene ring substituents is 1. The molecular weight excluding hydrogens is 436 g/mol. The van der Waals surface area contributed by atoms with Crippen molar-refractivity contribution >= 4 is 34.9 Å². The number of esters is 1. The Morgan fingerprint density at radius 2 is 1.78 bits per heavy atom. The molecule has 0 aromatic heterocycles. The van der Waals surface area contributed by atoms with Gasteiger partial charge < -0.3 is 14.8 Å². The SMILES string of the molecule is COc1ccc(C)cc1NC(=O)C(OC(=O)c1cc([N+](=O)[O-])ccc1Cl)c1ccccc1. The van der Waals surface area contributed by atoms with Crippen LogP contribution in [0.15, 0.2) is 66.7 Å². The van der Waals surface area contributed by atoms with E-state index in [0.29, 0.717) is 17.0 Å². The van der Waals surface area contributed by atoms with E-state index in [0.717, 1.165) is 11.6 Å². The van der Waals surface area contributed by atoms with E-state index in [1.807, 2.05) is 13.0 Å². The van der Waals surface area contributed by atoms with E-state index in [1.165, 1.54) is 19.2 Å². The number of carbonyl (C=O) groups excluding carboxylic acids is 2. The first kappa shape index (κ1) is 22.8. The van der Waals surface area contributed by atoms with Gasteiger partial charge in [0.25, 0.3) is 11.6 Å². The van der Waals surface area contributed by atoms with Crippen LogP contribution in [-0.4, -0.2) is 23.9 Å². The van der Waals surface area contributed by atoms with Crippen LogP contribution >= 0.6 is 11.6 Å². The molecule has 0 aliphatic rings. The third-order valence-corrected chi connectivity index (χ3v) is 4.89. The van der Waals surface area contributed by atoms with Crippen LogP contribution in [0.2, 0.25) is 5.02 Å². The van der Waals surface area contributed by atoms with Gasteiger partial charge in [-0.05, 0) is 30.7 Å². The van der Waals surface area contributed by atoms with Crippen molar-refractivity contribution in [3.63, 3.8) is 0 Å². The number of nitro groups is 1. The third-order valence-electron chi connectivity index (χ3n) is 4.56. The van der Waals surface area contributed by atoms with Crippen molar-refractivity contribution in [2.24, 2.45) is 0 Å². The molecule has 0 radical (unpaired) electrons. The van der Waals surface area contributed by atoms with Gasteiger partial charge in [-0.2, -0.15) is 0 Å². The van der Waals surface area contributed by atoms with E-state index < -0.39 is 22.9 Å². The lowest BCUT2D eigenvalue weighted by atomic mass is 10.1. The Balaban J connectivity index is 1.93. The van der Waals surface area contributed by atoms with Crippen LogP contribution in [0, 0.1) is 17.0 Å². The smallest absolute Gasteiger partial charge is 0.341 e. The van der Waals surface area contributed by atoms with Gasteiger partial charge in [0.15, 0.2) is 0 Å². The number of hydrogen-bond donors (Lipinski definition) is 1. The highest BCUT2D eigenvalue weighted by molar-refractivity contribution is 6.33. The minimum atomic E-state index is -1.34. The lowest BCUT2D eigenvalue weighted by Gasteiger charge is -2.19. The zero-order valence-corrected chi connectivity index (χ0v) is 18.0. The predicted molar refractivity (Wildman–Crippen MR) is 119 cm³/mol. The number of aryl methyl sites for hydroxylation is 1. The number of ether oxygens (including phenoxy) is 2. The Morgan fingerprint density at radius 1 is 1.06 bits per heavy atom. The van der Waals surface area contributed by atoms with Crippen LogP contribution in [0.1, 0.15) is 27.6 Å². The molecule has 9 heteroatoms. The molecule has 1 amide bonds. The predicted octanol–water partition coefficient (Wildman–Crippen LogP) is 5.10. The molecule has 0 heterocycles. The lowest BCUT2D eigenvalue weighted by Crippen LogP contribution is -2.26. The summed E-state index contributed by atoms with van der Waals surface area (Å²) in [6, 6.07) is 17.0. The number of hydrogen-bond acceptors (Lipinski definition) is 6. The molecule has 164 valence electrons. The number of rotatable bonds is 7. The van der Waals surface area contributed by atoms with Crippen molar-refractivity contribution in [1.29, 1.82) is 0 Å². The topological polar surface area (TPSA) is 108 Å². The van der Waals surface area contributed by atoms with Crippen LogP contribution < -0.4 is 10.1 Å². The molecule has 1 atom stereocenters. The summed E-state index contributed by atoms with van der Waals surface area (Å²) in [5.41, 5.74) is 1.15. The molecule has 0 saturated carbocycles. The average molecular weight is 455 g/mol. The fourth-order valence-electron chi connectivity index (χ4n) is 2.97. The molecule has 3 aromatic carbocycles. The summed E-state index contributed by atoms with van der Waals surface area (Å²) >= 11 is 6.05. The summed E-state index contributed by atoms with van der Waals surface area (Å²) in [6.45, 7) is 1.86. The Bertz CT molecular complexity index is 1170. The fourth-order valence-corrected chi connectivity index (χ4v) is 3.17. The number of benzene rings is 3. The summed E-state index contributed by atoms with van der Waals surface area (Å²) in [7, 11) is 1.47. The van der Waals surface area contributed by atoms with Crippen molar-refractivity contribution < 1.29 is 24.0 Å². The number of methoxy groups -OCH3 is 1. The normalized spacial score (nSPS) is 11.3. The van der Waals surface area contributed by atoms with E-state index >= 15 is 0 Å². The number of halogens is 1. The van der Waals surface area contributed by atoms with Gasteiger partial charge in [0.1, 0.15) is 5.75 Å². The van der Waals surface area contributed by atoms with Gasteiger partial charge >= 0.3 is 5.97 Å². The first-order chi connectivity index (χ1) is 15.3. The lowest BCUT2D eigenvalue weighted by molar-refractivity contribution is -0.384. The summed E-state index contributed by atoms with van der Waals surface area (Å²) in [6.07, 6.45) is -1.34. The van der Waals surface area contributed by atoms with Gasteiger partial charge in [-0.25, -0.2) is 4.79 Å². The number of nitrogens with one attached hydrogen (secondary N) is 1. The molecule has 0 bridgehead atoms. The molecule has 1 N–H and O–H groups in total.